The number of terminal acetylenes is 1. The van der Waals surface area contributed by atoms with Crippen molar-refractivity contribution in [2.75, 3.05) is 0 Å². The monoisotopic (exact) mass is 180 g/mol. The summed E-state index contributed by atoms with van der Waals surface area (Å²) in [6.07, 6.45) is -0.673. The van der Waals surface area contributed by atoms with Gasteiger partial charge in [-0.15, -0.1) is 12.3 Å². The van der Waals surface area contributed by atoms with Gasteiger partial charge in [-0.25, -0.2) is 0 Å². The van der Waals surface area contributed by atoms with Gasteiger partial charge < -0.3 is 5.11 Å². The second kappa shape index (κ2) is 3.81. The minimum Gasteiger partial charge on any atom is -0.380 e. The van der Waals surface area contributed by atoms with Crippen molar-refractivity contribution in [1.29, 1.82) is 0 Å². The molecule has 0 bridgehead atoms. The first kappa shape index (κ1) is 11.3. The second-order valence-corrected chi connectivity index (χ2v) is 2.66. The van der Waals surface area contributed by atoms with Crippen molar-refractivity contribution in [3.8, 4) is 12.3 Å². The molecular weight excluding hydrogens is 169 g/mol. The van der Waals surface area contributed by atoms with Gasteiger partial charge >= 0.3 is 6.18 Å². The minimum absolute atomic E-state index is 0.248. The molecule has 1 nitrogen and oxygen atoms in total. The van der Waals surface area contributed by atoms with Crippen molar-refractivity contribution >= 4 is 0 Å². The molecule has 0 aliphatic carbocycles. The van der Waals surface area contributed by atoms with E-state index < -0.39 is 18.2 Å². The maximum Gasteiger partial charge on any atom is 0.418 e. The molecule has 1 atom stereocenters. The molecule has 0 rings (SSSR count). The van der Waals surface area contributed by atoms with Crippen LogP contribution < -0.4 is 0 Å². The third-order valence-electron chi connectivity index (χ3n) is 1.59. The molecule has 12 heavy (non-hydrogen) atoms. The summed E-state index contributed by atoms with van der Waals surface area (Å²) in [7, 11) is 0. The van der Waals surface area contributed by atoms with Crippen molar-refractivity contribution in [3.63, 3.8) is 0 Å². The van der Waals surface area contributed by atoms with Gasteiger partial charge in [-0.3, -0.25) is 0 Å². The normalized spacial score (nSPS) is 16.7. The lowest BCUT2D eigenvalue weighted by Crippen LogP contribution is -2.44. The smallest absolute Gasteiger partial charge is 0.380 e. The molecule has 0 heterocycles. The molecule has 0 aliphatic rings. The molecular formula is C8H11F3O. The van der Waals surface area contributed by atoms with Crippen molar-refractivity contribution in [2.24, 2.45) is 0 Å². The van der Waals surface area contributed by atoms with Crippen LogP contribution in [0.5, 0.6) is 0 Å². The van der Waals surface area contributed by atoms with Gasteiger partial charge in [0.2, 0.25) is 0 Å². The van der Waals surface area contributed by atoms with E-state index in [4.69, 9.17) is 11.5 Å². The summed E-state index contributed by atoms with van der Waals surface area (Å²) in [5.74, 6) is 1.83. The first-order chi connectivity index (χ1) is 5.37. The van der Waals surface area contributed by atoms with Crippen LogP contribution in [0.15, 0.2) is 0 Å². The third kappa shape index (κ3) is 2.42. The molecule has 0 radical (unpaired) electrons. The summed E-state index contributed by atoms with van der Waals surface area (Å²) in [6.45, 7) is 1.56. The molecule has 4 heteroatoms. The largest absolute Gasteiger partial charge is 0.418 e. The number of alkyl halides is 3. The Balaban J connectivity index is 4.52. The summed E-state index contributed by atoms with van der Waals surface area (Å²) in [5.41, 5.74) is -2.70. The van der Waals surface area contributed by atoms with Gasteiger partial charge in [-0.2, -0.15) is 13.2 Å². The summed E-state index contributed by atoms with van der Waals surface area (Å²) in [5, 5.41) is 9.08. The van der Waals surface area contributed by atoms with Crippen LogP contribution in [0, 0.1) is 12.3 Å². The van der Waals surface area contributed by atoms with Crippen LogP contribution in [0.3, 0.4) is 0 Å². The van der Waals surface area contributed by atoms with Crippen LogP contribution in [0.1, 0.15) is 26.2 Å². The predicted octanol–water partition coefficient (Wildman–Crippen LogP) is 2.10. The molecule has 1 unspecified atom stereocenters. The highest BCUT2D eigenvalue weighted by molar-refractivity contribution is 4.99. The molecule has 0 saturated carbocycles. The van der Waals surface area contributed by atoms with E-state index in [1.54, 1.807) is 6.92 Å². The Morgan fingerprint density at radius 2 is 1.92 bits per heavy atom. The van der Waals surface area contributed by atoms with Gasteiger partial charge in [0, 0.05) is 6.42 Å². The first-order valence-electron chi connectivity index (χ1n) is 3.60. The van der Waals surface area contributed by atoms with Crippen molar-refractivity contribution in [1.82, 2.24) is 0 Å². The van der Waals surface area contributed by atoms with Gasteiger partial charge in [0.1, 0.15) is 0 Å². The van der Waals surface area contributed by atoms with Crippen LogP contribution >= 0.6 is 0 Å². The highest BCUT2D eigenvalue weighted by atomic mass is 19.4. The highest BCUT2D eigenvalue weighted by Gasteiger charge is 2.52. The molecule has 0 saturated heterocycles. The first-order valence-corrected chi connectivity index (χ1v) is 3.60. The van der Waals surface area contributed by atoms with Crippen molar-refractivity contribution < 1.29 is 18.3 Å². The zero-order chi connectivity index (χ0) is 9.83. The molecule has 0 spiro atoms. The molecule has 0 aromatic heterocycles. The fraction of sp³-hybridized carbons (Fsp3) is 0.750. The molecule has 0 aromatic rings. The fourth-order valence-corrected chi connectivity index (χ4v) is 0.913. The van der Waals surface area contributed by atoms with E-state index in [0.717, 1.165) is 0 Å². The second-order valence-electron chi connectivity index (χ2n) is 2.66. The maximum absolute atomic E-state index is 12.1. The van der Waals surface area contributed by atoms with E-state index in [9.17, 15) is 13.2 Å². The van der Waals surface area contributed by atoms with Gasteiger partial charge in [-0.1, -0.05) is 13.3 Å². The number of rotatable bonds is 3. The summed E-state index contributed by atoms with van der Waals surface area (Å²) in [6, 6.07) is 0. The number of aliphatic hydroxyl groups is 1. The highest BCUT2D eigenvalue weighted by Crippen LogP contribution is 2.36. The maximum atomic E-state index is 12.1. The van der Waals surface area contributed by atoms with Crippen LogP contribution in [0.2, 0.25) is 0 Å². The minimum atomic E-state index is -4.63. The Labute approximate surface area is 69.6 Å². The van der Waals surface area contributed by atoms with Gasteiger partial charge in [0.25, 0.3) is 0 Å². The van der Waals surface area contributed by atoms with E-state index in [0.29, 0.717) is 0 Å². The predicted molar refractivity (Wildman–Crippen MR) is 39.4 cm³/mol. The molecule has 0 amide bonds. The SMILES string of the molecule is C#CCC(O)(CCC)C(F)(F)F. The van der Waals surface area contributed by atoms with Gasteiger partial charge in [0.15, 0.2) is 5.60 Å². The lowest BCUT2D eigenvalue weighted by Gasteiger charge is -2.28. The average Bonchev–Trinajstić information content (AvgIpc) is 1.86. The van der Waals surface area contributed by atoms with Crippen molar-refractivity contribution in [2.45, 2.75) is 38.0 Å². The molecule has 0 fully saturated rings. The van der Waals surface area contributed by atoms with Crippen LogP contribution in [-0.4, -0.2) is 16.9 Å². The van der Waals surface area contributed by atoms with Gasteiger partial charge in [-0.05, 0) is 6.42 Å². The van der Waals surface area contributed by atoms with Crippen LogP contribution in [0.25, 0.3) is 0 Å². The summed E-state index contributed by atoms with van der Waals surface area (Å²) in [4.78, 5) is 0. The third-order valence-corrected chi connectivity index (χ3v) is 1.59. The Hall–Kier alpha value is -0.690. The Bertz CT molecular complexity index is 180. The fourth-order valence-electron chi connectivity index (χ4n) is 0.913. The number of halogens is 3. The lowest BCUT2D eigenvalue weighted by atomic mass is 9.94. The standard InChI is InChI=1S/C8H11F3O/c1-3-5-7(12,6-4-2)8(9,10)11/h1,12H,4-6H2,2H3. The zero-order valence-corrected chi connectivity index (χ0v) is 6.78. The van der Waals surface area contributed by atoms with E-state index in [-0.39, 0.29) is 12.8 Å². The Morgan fingerprint density at radius 3 is 2.17 bits per heavy atom. The Kier molecular flexibility index (Phi) is 3.59. The van der Waals surface area contributed by atoms with Gasteiger partial charge in [0.05, 0.1) is 0 Å². The van der Waals surface area contributed by atoms with Crippen LogP contribution in [0.4, 0.5) is 13.2 Å². The van der Waals surface area contributed by atoms with E-state index in [1.807, 2.05) is 5.92 Å². The Morgan fingerprint density at radius 1 is 1.42 bits per heavy atom. The molecule has 1 N–H and O–H groups in total. The van der Waals surface area contributed by atoms with Crippen molar-refractivity contribution in [3.05, 3.63) is 0 Å². The molecule has 0 aromatic carbocycles. The lowest BCUT2D eigenvalue weighted by molar-refractivity contribution is -0.260. The topological polar surface area (TPSA) is 20.2 Å². The van der Waals surface area contributed by atoms with E-state index in [2.05, 4.69) is 0 Å². The zero-order valence-electron chi connectivity index (χ0n) is 6.78. The van der Waals surface area contributed by atoms with E-state index >= 15 is 0 Å². The number of hydrogen-bond acceptors (Lipinski definition) is 1. The summed E-state index contributed by atoms with van der Waals surface area (Å²) < 4.78 is 36.4. The van der Waals surface area contributed by atoms with Crippen LogP contribution in [-0.2, 0) is 0 Å². The van der Waals surface area contributed by atoms with E-state index in [1.165, 1.54) is 0 Å². The number of hydrogen-bond donors (Lipinski definition) is 1. The molecule has 70 valence electrons. The molecule has 0 aliphatic heterocycles. The quantitative estimate of drug-likeness (QED) is 0.659. The summed E-state index contributed by atoms with van der Waals surface area (Å²) >= 11 is 0. The average molecular weight is 180 g/mol.